The van der Waals surface area contributed by atoms with Gasteiger partial charge >= 0.3 is 0 Å². The Bertz CT molecular complexity index is 596. The van der Waals surface area contributed by atoms with Crippen LogP contribution in [0.5, 0.6) is 0 Å². The number of rotatable bonds is 5. The molecule has 0 bridgehead atoms. The molecule has 0 saturated carbocycles. The van der Waals surface area contributed by atoms with Gasteiger partial charge in [0.05, 0.1) is 6.04 Å². The second kappa shape index (κ2) is 6.75. The lowest BCUT2D eigenvalue weighted by Crippen LogP contribution is -2.22. The van der Waals surface area contributed by atoms with Gasteiger partial charge in [0, 0.05) is 23.5 Å². The quantitative estimate of drug-likeness (QED) is 0.782. The molecule has 21 heavy (non-hydrogen) atoms. The van der Waals surface area contributed by atoms with Crippen LogP contribution in [0.1, 0.15) is 49.2 Å². The van der Waals surface area contributed by atoms with Crippen molar-refractivity contribution >= 4 is 15.9 Å². The highest BCUT2D eigenvalue weighted by Gasteiger charge is 2.28. The zero-order chi connectivity index (χ0) is 14.7. The highest BCUT2D eigenvalue weighted by molar-refractivity contribution is 9.10. The lowest BCUT2D eigenvalue weighted by molar-refractivity contribution is 0.236. The SMILES string of the molecule is CCCc1cc([C@H]2CCCN2Cc2cccc(Br)c2)no1. The van der Waals surface area contributed by atoms with Crippen LogP contribution < -0.4 is 0 Å². The van der Waals surface area contributed by atoms with Gasteiger partial charge in [-0.3, -0.25) is 4.90 Å². The Morgan fingerprint density at radius 3 is 3.10 bits per heavy atom. The summed E-state index contributed by atoms with van der Waals surface area (Å²) in [5.74, 6) is 1.02. The van der Waals surface area contributed by atoms with Gasteiger partial charge in [0.15, 0.2) is 0 Å². The number of aryl methyl sites for hydroxylation is 1. The average Bonchev–Trinajstić information content (AvgIpc) is 3.08. The van der Waals surface area contributed by atoms with Crippen molar-refractivity contribution in [2.24, 2.45) is 0 Å². The number of hydrogen-bond donors (Lipinski definition) is 0. The third-order valence-electron chi connectivity index (χ3n) is 4.05. The largest absolute Gasteiger partial charge is 0.361 e. The zero-order valence-corrected chi connectivity index (χ0v) is 14.0. The molecular weight excluding hydrogens is 328 g/mol. The fourth-order valence-electron chi connectivity index (χ4n) is 3.07. The van der Waals surface area contributed by atoms with E-state index in [1.54, 1.807) is 0 Å². The van der Waals surface area contributed by atoms with Crippen molar-refractivity contribution in [3.63, 3.8) is 0 Å². The van der Waals surface area contributed by atoms with Gasteiger partial charge < -0.3 is 4.52 Å². The van der Waals surface area contributed by atoms with E-state index in [0.717, 1.165) is 41.9 Å². The van der Waals surface area contributed by atoms with Crippen LogP contribution in [0.2, 0.25) is 0 Å². The maximum absolute atomic E-state index is 5.45. The molecule has 0 N–H and O–H groups in total. The topological polar surface area (TPSA) is 29.3 Å². The monoisotopic (exact) mass is 348 g/mol. The molecule has 4 heteroatoms. The van der Waals surface area contributed by atoms with Crippen molar-refractivity contribution in [1.29, 1.82) is 0 Å². The maximum Gasteiger partial charge on any atom is 0.137 e. The first-order valence-electron chi connectivity index (χ1n) is 7.70. The Hall–Kier alpha value is -1.13. The van der Waals surface area contributed by atoms with Crippen molar-refractivity contribution in [2.45, 2.75) is 45.2 Å². The minimum absolute atomic E-state index is 0.401. The number of aromatic nitrogens is 1. The third kappa shape index (κ3) is 3.55. The van der Waals surface area contributed by atoms with Crippen molar-refractivity contribution < 1.29 is 4.52 Å². The fourth-order valence-corrected chi connectivity index (χ4v) is 3.52. The van der Waals surface area contributed by atoms with Gasteiger partial charge in [0.25, 0.3) is 0 Å². The molecule has 0 amide bonds. The molecule has 3 nitrogen and oxygen atoms in total. The molecule has 1 aromatic heterocycles. The van der Waals surface area contributed by atoms with Gasteiger partial charge in [-0.1, -0.05) is 40.1 Å². The number of benzene rings is 1. The molecule has 3 rings (SSSR count). The molecule has 0 radical (unpaired) electrons. The van der Waals surface area contributed by atoms with E-state index < -0.39 is 0 Å². The summed E-state index contributed by atoms with van der Waals surface area (Å²) in [7, 11) is 0. The molecule has 1 saturated heterocycles. The van der Waals surface area contributed by atoms with Gasteiger partial charge in [-0.25, -0.2) is 0 Å². The van der Waals surface area contributed by atoms with Gasteiger partial charge in [-0.2, -0.15) is 0 Å². The van der Waals surface area contributed by atoms with Crippen LogP contribution in [0.15, 0.2) is 39.3 Å². The van der Waals surface area contributed by atoms with Gasteiger partial charge in [-0.05, 0) is 43.5 Å². The van der Waals surface area contributed by atoms with Crippen molar-refractivity contribution in [3.05, 3.63) is 51.8 Å². The highest BCUT2D eigenvalue weighted by Crippen LogP contribution is 2.33. The number of halogens is 1. The first kappa shape index (κ1) is 14.8. The summed E-state index contributed by atoms with van der Waals surface area (Å²) in [6, 6.07) is 11.1. The molecule has 2 aromatic rings. The van der Waals surface area contributed by atoms with Crippen LogP contribution >= 0.6 is 15.9 Å². The minimum Gasteiger partial charge on any atom is -0.361 e. The normalized spacial score (nSPS) is 19.2. The Labute approximate surface area is 134 Å². The average molecular weight is 349 g/mol. The number of hydrogen-bond acceptors (Lipinski definition) is 3. The first-order chi connectivity index (χ1) is 10.3. The molecule has 0 unspecified atom stereocenters. The molecule has 1 atom stereocenters. The van der Waals surface area contributed by atoms with Crippen LogP contribution in [0, 0.1) is 0 Å². The van der Waals surface area contributed by atoms with E-state index in [1.165, 1.54) is 18.4 Å². The van der Waals surface area contributed by atoms with E-state index in [2.05, 4.69) is 63.2 Å². The number of likely N-dealkylation sites (tertiary alicyclic amines) is 1. The fraction of sp³-hybridized carbons (Fsp3) is 0.471. The molecule has 1 aliphatic rings. The van der Waals surface area contributed by atoms with Crippen LogP contribution in [-0.2, 0) is 13.0 Å². The van der Waals surface area contributed by atoms with E-state index in [9.17, 15) is 0 Å². The summed E-state index contributed by atoms with van der Waals surface area (Å²) in [4.78, 5) is 2.51. The van der Waals surface area contributed by atoms with Crippen LogP contribution in [0.25, 0.3) is 0 Å². The molecule has 1 aromatic carbocycles. The van der Waals surface area contributed by atoms with Crippen LogP contribution in [0.4, 0.5) is 0 Å². The first-order valence-corrected chi connectivity index (χ1v) is 8.49. The molecule has 0 aliphatic carbocycles. The van der Waals surface area contributed by atoms with Crippen molar-refractivity contribution in [2.75, 3.05) is 6.54 Å². The van der Waals surface area contributed by atoms with E-state index in [-0.39, 0.29) is 0 Å². The Morgan fingerprint density at radius 1 is 1.38 bits per heavy atom. The van der Waals surface area contributed by atoms with Crippen LogP contribution in [0.3, 0.4) is 0 Å². The molecule has 1 aliphatic heterocycles. The predicted octanol–water partition coefficient (Wildman–Crippen LogP) is 4.73. The van der Waals surface area contributed by atoms with E-state index in [1.807, 2.05) is 0 Å². The second-order valence-corrected chi connectivity index (χ2v) is 6.64. The summed E-state index contributed by atoms with van der Waals surface area (Å²) in [5.41, 5.74) is 2.44. The Morgan fingerprint density at radius 2 is 2.29 bits per heavy atom. The summed E-state index contributed by atoms with van der Waals surface area (Å²) in [5, 5.41) is 4.30. The van der Waals surface area contributed by atoms with Crippen molar-refractivity contribution in [1.82, 2.24) is 10.1 Å². The van der Waals surface area contributed by atoms with E-state index in [0.29, 0.717) is 6.04 Å². The maximum atomic E-state index is 5.45. The summed E-state index contributed by atoms with van der Waals surface area (Å²) in [6.07, 6.45) is 4.48. The lowest BCUT2D eigenvalue weighted by atomic mass is 10.1. The summed E-state index contributed by atoms with van der Waals surface area (Å²) >= 11 is 3.55. The predicted molar refractivity (Wildman–Crippen MR) is 87.0 cm³/mol. The van der Waals surface area contributed by atoms with Gasteiger partial charge in [-0.15, -0.1) is 0 Å². The van der Waals surface area contributed by atoms with Gasteiger partial charge in [0.1, 0.15) is 11.5 Å². The lowest BCUT2D eigenvalue weighted by Gasteiger charge is -2.22. The van der Waals surface area contributed by atoms with Crippen LogP contribution in [-0.4, -0.2) is 16.6 Å². The highest BCUT2D eigenvalue weighted by atomic mass is 79.9. The number of nitrogens with zero attached hydrogens (tertiary/aromatic N) is 2. The third-order valence-corrected chi connectivity index (χ3v) is 4.55. The smallest absolute Gasteiger partial charge is 0.137 e. The Balaban J connectivity index is 1.72. The standard InChI is InChI=1S/C17H21BrN2O/c1-2-5-15-11-16(19-21-15)17-8-4-9-20(17)12-13-6-3-7-14(18)10-13/h3,6-7,10-11,17H,2,4-5,8-9,12H2,1H3/t17-/m1/s1. The van der Waals surface area contributed by atoms with E-state index in [4.69, 9.17) is 4.52 Å². The Kier molecular flexibility index (Phi) is 4.76. The second-order valence-electron chi connectivity index (χ2n) is 5.73. The van der Waals surface area contributed by atoms with Gasteiger partial charge in [0.2, 0.25) is 0 Å². The van der Waals surface area contributed by atoms with Crippen molar-refractivity contribution in [3.8, 4) is 0 Å². The summed E-state index contributed by atoms with van der Waals surface area (Å²) < 4.78 is 6.59. The van der Waals surface area contributed by atoms with E-state index >= 15 is 0 Å². The summed E-state index contributed by atoms with van der Waals surface area (Å²) in [6.45, 7) is 4.27. The molecule has 2 heterocycles. The molecular formula is C17H21BrN2O. The zero-order valence-electron chi connectivity index (χ0n) is 12.4. The molecule has 112 valence electrons. The minimum atomic E-state index is 0.401. The molecule has 1 fully saturated rings. The molecule has 0 spiro atoms.